The molecule has 0 atom stereocenters. The Balaban J connectivity index is 0.00000623. The first-order valence-corrected chi connectivity index (χ1v) is 27.1. The number of hydrogen-bond donors (Lipinski definition) is 0. The minimum absolute atomic E-state index is 0. The van der Waals surface area contributed by atoms with E-state index in [1.807, 2.05) is 24.4 Å². The number of fused-ring (bicyclic) bond motifs is 7. The monoisotopic (exact) mass is 1210 g/mol. The minimum atomic E-state index is -0.100. The summed E-state index contributed by atoms with van der Waals surface area (Å²) in [7, 11) is 0. The Kier molecular flexibility index (Phi) is 12.8. The zero-order valence-electron chi connectivity index (χ0n) is 46.2. The molecule has 0 spiro atoms. The Morgan fingerprint density at radius 2 is 0.975 bits per heavy atom. The fourth-order valence-electron chi connectivity index (χ4n) is 11.2. The molecule has 0 amide bonds. The van der Waals surface area contributed by atoms with Crippen molar-refractivity contribution < 1.29 is 25.8 Å². The first-order chi connectivity index (χ1) is 37.5. The van der Waals surface area contributed by atoms with Crippen molar-refractivity contribution in [3.63, 3.8) is 0 Å². The van der Waals surface area contributed by atoms with Gasteiger partial charge in [0.05, 0.1) is 11.0 Å². The van der Waals surface area contributed by atoms with E-state index in [2.05, 4.69) is 282 Å². The van der Waals surface area contributed by atoms with Crippen molar-refractivity contribution in [2.45, 2.75) is 78.6 Å². The topological polar surface area (TPSA) is 38.5 Å². The molecule has 79 heavy (non-hydrogen) atoms. The molecule has 1 aliphatic rings. The molecule has 0 N–H and O–H groups in total. The van der Waals surface area contributed by atoms with Crippen LogP contribution in [-0.2, 0) is 37.3 Å². The molecule has 4 heterocycles. The van der Waals surface area contributed by atoms with Crippen LogP contribution in [0.3, 0.4) is 0 Å². The molecule has 7 heteroatoms. The summed E-state index contributed by atoms with van der Waals surface area (Å²) in [5.74, 6) is 1.98. The van der Waals surface area contributed by atoms with E-state index in [0.717, 1.165) is 67.1 Å². The van der Waals surface area contributed by atoms with Gasteiger partial charge in [-0.2, -0.15) is 12.1 Å². The van der Waals surface area contributed by atoms with Gasteiger partial charge in [0.15, 0.2) is 0 Å². The van der Waals surface area contributed by atoms with Gasteiger partial charge in [0.1, 0.15) is 5.82 Å². The van der Waals surface area contributed by atoms with E-state index in [1.165, 1.54) is 49.7 Å². The van der Waals surface area contributed by atoms with Crippen LogP contribution in [0.15, 0.2) is 206 Å². The Bertz CT molecular complexity index is 4160. The van der Waals surface area contributed by atoms with Crippen molar-refractivity contribution in [2.75, 3.05) is 9.80 Å². The average molecular weight is 1210 g/mol. The van der Waals surface area contributed by atoms with E-state index in [1.54, 1.807) is 0 Å². The van der Waals surface area contributed by atoms with E-state index < -0.39 is 0 Å². The Morgan fingerprint density at radius 3 is 1.58 bits per heavy atom. The van der Waals surface area contributed by atoms with Crippen LogP contribution >= 0.6 is 0 Å². The third kappa shape index (κ3) is 9.30. The fourth-order valence-corrected chi connectivity index (χ4v) is 11.2. The van der Waals surface area contributed by atoms with Crippen molar-refractivity contribution in [2.24, 2.45) is 0 Å². The summed E-state index contributed by atoms with van der Waals surface area (Å²) < 4.78 is 11.6. The number of ether oxygens (including phenoxy) is 1. The van der Waals surface area contributed by atoms with Crippen LogP contribution in [0, 0.1) is 18.8 Å². The summed E-state index contributed by atoms with van der Waals surface area (Å²) in [5.41, 5.74) is 17.8. The summed E-state index contributed by atoms with van der Waals surface area (Å²) in [6.45, 7) is 22.6. The van der Waals surface area contributed by atoms with Crippen molar-refractivity contribution >= 4 is 66.4 Å². The molecule has 12 aromatic rings. The Labute approximate surface area is 478 Å². The summed E-state index contributed by atoms with van der Waals surface area (Å²) in [6, 6.07) is 79.5. The van der Waals surface area contributed by atoms with Gasteiger partial charge in [-0.25, -0.2) is 4.98 Å². The van der Waals surface area contributed by atoms with Crippen molar-refractivity contribution in [1.82, 2.24) is 14.1 Å². The van der Waals surface area contributed by atoms with Gasteiger partial charge in [-0.05, 0) is 133 Å². The minimum Gasteiger partial charge on any atom is -0.509 e. The van der Waals surface area contributed by atoms with Crippen LogP contribution in [0.25, 0.3) is 77.4 Å². The van der Waals surface area contributed by atoms with Crippen LogP contribution in [0.5, 0.6) is 11.5 Å². The largest absolute Gasteiger partial charge is 0.509 e. The van der Waals surface area contributed by atoms with Crippen LogP contribution < -0.4 is 14.5 Å². The standard InChI is InChI=1S/C72H62N5O.Pt/c1-70(2,3)51-36-37-73-68(43-51)77-66-29-19-28-65(76-61-34-30-49(47-20-12-10-13-21-47)38-59(61)60-39-50(31-35-62(60)76)48-22-14-11-15-23-48)69(66)58-33-32-57(45-67(58)77)78-56-25-18-24-54(44-56)74-46-75(64-27-17-16-26-63(64)74)55-41-52(71(4,5)6)40-53(42-55)72(7,8)9;/h10-43,46H,1-9H3;/q-3;. The van der Waals surface area contributed by atoms with Gasteiger partial charge >= 0.3 is 0 Å². The first kappa shape index (κ1) is 51.6. The Hall–Kier alpha value is -8.18. The van der Waals surface area contributed by atoms with Gasteiger partial charge in [0.25, 0.3) is 0 Å². The number of rotatable bonds is 8. The van der Waals surface area contributed by atoms with Gasteiger partial charge in [0.2, 0.25) is 0 Å². The first-order valence-electron chi connectivity index (χ1n) is 27.1. The zero-order valence-corrected chi connectivity index (χ0v) is 48.4. The van der Waals surface area contributed by atoms with Crippen molar-refractivity contribution in [3.8, 4) is 45.3 Å². The molecule has 0 saturated heterocycles. The summed E-state index contributed by atoms with van der Waals surface area (Å²) in [5, 5.41) is 4.52. The quantitative estimate of drug-likeness (QED) is 0.142. The number of nitrogens with zero attached hydrogens (tertiary/aromatic N) is 5. The molecule has 9 aromatic carbocycles. The second-order valence-electron chi connectivity index (χ2n) is 23.9. The molecule has 0 fully saturated rings. The number of anilines is 4. The molecular weight excluding hydrogens is 1150 g/mol. The SMILES string of the molecule is CC(C)(C)c1cc(N2[CH-]N(c3[c-]c(Oc4[c-]c5c(cc4)c4c(-n6c7ccc(-c8ccccc8)cc7c7cc(-c8ccccc8)ccc76)cccc4n5-c4cc(C(C)(C)C)ccn4)ccc3)c3ccccc32)cc(C(C)(C)C)c1.[Pt]. The van der Waals surface area contributed by atoms with Gasteiger partial charge in [-0.15, -0.1) is 42.7 Å². The summed E-state index contributed by atoms with van der Waals surface area (Å²) in [4.78, 5) is 9.61. The molecule has 13 rings (SSSR count). The molecule has 6 nitrogen and oxygen atoms in total. The molecule has 0 saturated carbocycles. The Morgan fingerprint density at radius 1 is 0.418 bits per heavy atom. The van der Waals surface area contributed by atoms with Gasteiger partial charge in [-0.3, -0.25) is 0 Å². The fraction of sp³-hybridized carbons (Fsp3) is 0.167. The van der Waals surface area contributed by atoms with Crippen molar-refractivity contribution in [1.29, 1.82) is 0 Å². The molecular formula is C72H62N5OPt-3. The molecule has 0 bridgehead atoms. The maximum atomic E-state index is 6.87. The van der Waals surface area contributed by atoms with Gasteiger partial charge in [0, 0.05) is 77.8 Å². The van der Waals surface area contributed by atoms with E-state index in [4.69, 9.17) is 9.72 Å². The number of para-hydroxylation sites is 2. The zero-order chi connectivity index (χ0) is 53.7. The molecule has 0 radical (unpaired) electrons. The van der Waals surface area contributed by atoms with Gasteiger partial charge in [-0.1, -0.05) is 170 Å². The van der Waals surface area contributed by atoms with E-state index >= 15 is 0 Å². The second kappa shape index (κ2) is 19.6. The van der Waals surface area contributed by atoms with Crippen LogP contribution in [0.4, 0.5) is 22.7 Å². The maximum Gasteiger partial charge on any atom is 0.135 e. The predicted octanol–water partition coefficient (Wildman–Crippen LogP) is 19.3. The summed E-state index contributed by atoms with van der Waals surface area (Å²) in [6.07, 6.45) is 1.93. The predicted molar refractivity (Wildman–Crippen MR) is 326 cm³/mol. The molecule has 0 aliphatic carbocycles. The van der Waals surface area contributed by atoms with E-state index in [-0.39, 0.29) is 37.3 Å². The van der Waals surface area contributed by atoms with E-state index in [0.29, 0.717) is 11.5 Å². The summed E-state index contributed by atoms with van der Waals surface area (Å²) >= 11 is 0. The third-order valence-corrected chi connectivity index (χ3v) is 15.5. The van der Waals surface area contributed by atoms with Crippen molar-refractivity contribution in [3.05, 3.63) is 242 Å². The number of aromatic nitrogens is 3. The van der Waals surface area contributed by atoms with Gasteiger partial charge < -0.3 is 23.7 Å². The molecule has 0 unspecified atom stereocenters. The number of hydrogen-bond acceptors (Lipinski definition) is 4. The van der Waals surface area contributed by atoms with E-state index in [9.17, 15) is 0 Å². The normalized spacial score (nSPS) is 12.9. The second-order valence-corrected chi connectivity index (χ2v) is 23.9. The smallest absolute Gasteiger partial charge is 0.135 e. The average Bonchev–Trinajstić information content (AvgIpc) is 4.28. The van der Waals surface area contributed by atoms with Crippen LogP contribution in [0.1, 0.15) is 79.0 Å². The van der Waals surface area contributed by atoms with Crippen LogP contribution in [-0.4, -0.2) is 14.1 Å². The molecule has 3 aromatic heterocycles. The third-order valence-electron chi connectivity index (χ3n) is 15.5. The molecule has 394 valence electrons. The maximum absolute atomic E-state index is 6.87. The number of benzene rings is 9. The molecule has 1 aliphatic heterocycles. The van der Waals surface area contributed by atoms with Crippen LogP contribution in [0.2, 0.25) is 0 Å². The number of pyridine rings is 1.